The Morgan fingerprint density at radius 2 is 2.38 bits per heavy atom. The fourth-order valence-electron chi connectivity index (χ4n) is 1.03. The normalized spacial score (nSPS) is 10.8. The molecule has 80 valence electrons. The third kappa shape index (κ3) is 2.26. The van der Waals surface area contributed by atoms with Crippen molar-refractivity contribution < 1.29 is 0 Å². The van der Waals surface area contributed by atoms with Crippen molar-refractivity contribution in [3.63, 3.8) is 0 Å². The summed E-state index contributed by atoms with van der Waals surface area (Å²) >= 11 is 4.87. The summed E-state index contributed by atoms with van der Waals surface area (Å²) in [5, 5.41) is 9.97. The first-order valence-corrected chi connectivity index (χ1v) is 4.79. The standard InChI is InChI=1S/C9H7N5OS/c15-8-6-11-13-9(16)14(8)12-5-7-2-1-3-10-4-7/h1-6H,(H,13,16)/b12-5+. The van der Waals surface area contributed by atoms with E-state index in [-0.39, 0.29) is 10.3 Å². The number of H-pyrrole nitrogens is 1. The first kappa shape index (κ1) is 10.4. The van der Waals surface area contributed by atoms with E-state index in [1.54, 1.807) is 18.5 Å². The van der Waals surface area contributed by atoms with Crippen LogP contribution in [0.3, 0.4) is 0 Å². The minimum Gasteiger partial charge on any atom is -0.265 e. The number of aromatic amines is 1. The van der Waals surface area contributed by atoms with Crippen molar-refractivity contribution in [3.05, 3.63) is 51.4 Å². The molecule has 0 bridgehead atoms. The van der Waals surface area contributed by atoms with Gasteiger partial charge in [0.1, 0.15) is 6.20 Å². The van der Waals surface area contributed by atoms with Gasteiger partial charge in [-0.05, 0) is 18.3 Å². The summed E-state index contributed by atoms with van der Waals surface area (Å²) in [6.07, 6.45) is 5.89. The highest BCUT2D eigenvalue weighted by Crippen LogP contribution is 1.91. The highest BCUT2D eigenvalue weighted by molar-refractivity contribution is 7.71. The van der Waals surface area contributed by atoms with Crippen molar-refractivity contribution >= 4 is 18.4 Å². The molecule has 0 aromatic carbocycles. The molecule has 2 aromatic rings. The van der Waals surface area contributed by atoms with Crippen LogP contribution in [0.15, 0.2) is 40.6 Å². The molecule has 0 aliphatic carbocycles. The van der Waals surface area contributed by atoms with E-state index < -0.39 is 0 Å². The lowest BCUT2D eigenvalue weighted by Crippen LogP contribution is -2.18. The molecule has 0 saturated heterocycles. The van der Waals surface area contributed by atoms with E-state index in [1.807, 2.05) is 6.07 Å². The van der Waals surface area contributed by atoms with Gasteiger partial charge in [-0.15, -0.1) is 0 Å². The summed E-state index contributed by atoms with van der Waals surface area (Å²) in [6.45, 7) is 0. The van der Waals surface area contributed by atoms with E-state index in [2.05, 4.69) is 20.3 Å². The zero-order valence-corrected chi connectivity index (χ0v) is 8.89. The fraction of sp³-hybridized carbons (Fsp3) is 0. The smallest absolute Gasteiger partial charge is 0.265 e. The number of hydrogen-bond acceptors (Lipinski definition) is 5. The van der Waals surface area contributed by atoms with Gasteiger partial charge in [-0.2, -0.15) is 14.9 Å². The lowest BCUT2D eigenvalue weighted by atomic mass is 10.3. The number of hydrogen-bond donors (Lipinski definition) is 1. The monoisotopic (exact) mass is 233 g/mol. The van der Waals surface area contributed by atoms with Crippen LogP contribution >= 0.6 is 12.2 Å². The molecule has 1 N–H and O–H groups in total. The molecule has 7 heteroatoms. The quantitative estimate of drug-likeness (QED) is 0.608. The van der Waals surface area contributed by atoms with Gasteiger partial charge in [-0.1, -0.05) is 6.07 Å². The molecule has 2 rings (SSSR count). The number of pyridine rings is 1. The van der Waals surface area contributed by atoms with Crippen molar-refractivity contribution in [2.75, 3.05) is 0 Å². The number of aromatic nitrogens is 4. The Kier molecular flexibility index (Phi) is 2.97. The second kappa shape index (κ2) is 4.58. The van der Waals surface area contributed by atoms with E-state index in [4.69, 9.17) is 12.2 Å². The summed E-state index contributed by atoms with van der Waals surface area (Å²) < 4.78 is 1.20. The lowest BCUT2D eigenvalue weighted by molar-refractivity contribution is 0.738. The van der Waals surface area contributed by atoms with Crippen molar-refractivity contribution in [1.29, 1.82) is 0 Å². The minimum absolute atomic E-state index is 0.146. The molecule has 0 aliphatic rings. The number of rotatable bonds is 2. The molecule has 0 fully saturated rings. The first-order chi connectivity index (χ1) is 7.77. The summed E-state index contributed by atoms with van der Waals surface area (Å²) in [4.78, 5) is 15.3. The van der Waals surface area contributed by atoms with Crippen LogP contribution in [0.4, 0.5) is 0 Å². The van der Waals surface area contributed by atoms with Crippen molar-refractivity contribution in [2.24, 2.45) is 5.10 Å². The van der Waals surface area contributed by atoms with Crippen molar-refractivity contribution in [1.82, 2.24) is 19.9 Å². The van der Waals surface area contributed by atoms with Gasteiger partial charge < -0.3 is 0 Å². The molecule has 0 unspecified atom stereocenters. The summed E-state index contributed by atoms with van der Waals surface area (Å²) in [6, 6.07) is 3.59. The van der Waals surface area contributed by atoms with Crippen LogP contribution in [0, 0.1) is 4.77 Å². The molecule has 2 heterocycles. The maximum absolute atomic E-state index is 11.3. The Morgan fingerprint density at radius 3 is 3.06 bits per heavy atom. The Hall–Kier alpha value is -2.15. The topological polar surface area (TPSA) is 75.9 Å². The van der Waals surface area contributed by atoms with Crippen LogP contribution in [0.25, 0.3) is 0 Å². The molecular weight excluding hydrogens is 226 g/mol. The van der Waals surface area contributed by atoms with Gasteiger partial charge in [-0.3, -0.25) is 14.9 Å². The van der Waals surface area contributed by atoms with Crippen molar-refractivity contribution in [2.45, 2.75) is 0 Å². The maximum atomic E-state index is 11.3. The Morgan fingerprint density at radius 1 is 1.50 bits per heavy atom. The Balaban J connectivity index is 2.39. The molecule has 16 heavy (non-hydrogen) atoms. The second-order valence-corrected chi connectivity index (χ2v) is 3.24. The maximum Gasteiger partial charge on any atom is 0.293 e. The summed E-state index contributed by atoms with van der Waals surface area (Å²) in [5.41, 5.74) is 0.393. The lowest BCUT2D eigenvalue weighted by Gasteiger charge is -1.95. The van der Waals surface area contributed by atoms with Gasteiger partial charge in [0, 0.05) is 18.0 Å². The molecule has 0 radical (unpaired) electrons. The predicted octanol–water partition coefficient (Wildman–Crippen LogP) is 0.578. The van der Waals surface area contributed by atoms with Gasteiger partial charge in [0.05, 0.1) is 6.21 Å². The van der Waals surface area contributed by atoms with E-state index in [0.717, 1.165) is 16.4 Å². The van der Waals surface area contributed by atoms with E-state index in [1.165, 1.54) is 6.21 Å². The molecule has 2 aromatic heterocycles. The van der Waals surface area contributed by atoms with Gasteiger partial charge in [-0.25, -0.2) is 0 Å². The second-order valence-electron chi connectivity index (χ2n) is 2.86. The average molecular weight is 233 g/mol. The van der Waals surface area contributed by atoms with Gasteiger partial charge in [0.2, 0.25) is 4.77 Å². The van der Waals surface area contributed by atoms with Gasteiger partial charge in [0.15, 0.2) is 0 Å². The van der Waals surface area contributed by atoms with E-state index in [9.17, 15) is 4.79 Å². The molecular formula is C9H7N5OS. The summed E-state index contributed by atoms with van der Waals surface area (Å²) in [7, 11) is 0. The zero-order valence-electron chi connectivity index (χ0n) is 8.07. The van der Waals surface area contributed by atoms with Gasteiger partial charge in [0.25, 0.3) is 5.56 Å². The van der Waals surface area contributed by atoms with Crippen molar-refractivity contribution in [3.8, 4) is 0 Å². The SMILES string of the molecule is O=c1cn[nH]c(=S)n1/N=C/c1cccnc1. The van der Waals surface area contributed by atoms with Crippen LogP contribution in [0.2, 0.25) is 0 Å². The van der Waals surface area contributed by atoms with Crippen LogP contribution in [-0.4, -0.2) is 26.1 Å². The molecule has 0 amide bonds. The molecule has 0 atom stereocenters. The Bertz CT molecular complexity index is 587. The van der Waals surface area contributed by atoms with E-state index in [0.29, 0.717) is 0 Å². The van der Waals surface area contributed by atoms with Crippen LogP contribution in [-0.2, 0) is 0 Å². The largest absolute Gasteiger partial charge is 0.293 e. The van der Waals surface area contributed by atoms with Gasteiger partial charge >= 0.3 is 0 Å². The molecule has 6 nitrogen and oxygen atoms in total. The molecule has 0 saturated carbocycles. The summed E-state index contributed by atoms with van der Waals surface area (Å²) in [5.74, 6) is 0. The Labute approximate surface area is 95.3 Å². The molecule has 0 aliphatic heterocycles. The van der Waals surface area contributed by atoms with Crippen LogP contribution in [0.1, 0.15) is 5.56 Å². The molecule has 0 spiro atoms. The predicted molar refractivity (Wildman–Crippen MR) is 60.9 cm³/mol. The minimum atomic E-state index is -0.385. The number of nitrogens with zero attached hydrogens (tertiary/aromatic N) is 4. The number of nitrogens with one attached hydrogen (secondary N) is 1. The third-order valence-corrected chi connectivity index (χ3v) is 2.01. The first-order valence-electron chi connectivity index (χ1n) is 4.38. The highest BCUT2D eigenvalue weighted by Gasteiger charge is 1.94. The van der Waals surface area contributed by atoms with Crippen LogP contribution < -0.4 is 5.56 Å². The highest BCUT2D eigenvalue weighted by atomic mass is 32.1. The average Bonchev–Trinajstić information content (AvgIpc) is 2.30. The van der Waals surface area contributed by atoms with Crippen LogP contribution in [0.5, 0.6) is 0 Å². The zero-order chi connectivity index (χ0) is 11.4. The third-order valence-electron chi connectivity index (χ3n) is 1.74. The fourth-order valence-corrected chi connectivity index (χ4v) is 1.22. The van der Waals surface area contributed by atoms with E-state index >= 15 is 0 Å².